The maximum atomic E-state index is 13.6. The van der Waals surface area contributed by atoms with Gasteiger partial charge in [0.05, 0.1) is 11.6 Å². The number of nitrogens with zero attached hydrogens (tertiary/aromatic N) is 3. The van der Waals surface area contributed by atoms with E-state index in [-0.39, 0.29) is 17.6 Å². The minimum absolute atomic E-state index is 0.137. The van der Waals surface area contributed by atoms with Crippen LogP contribution in [-0.2, 0) is 4.79 Å². The van der Waals surface area contributed by atoms with Crippen LogP contribution in [0.5, 0.6) is 0 Å². The van der Waals surface area contributed by atoms with Crippen LogP contribution in [0.4, 0.5) is 9.52 Å². The minimum atomic E-state index is -0.302. The Morgan fingerprint density at radius 3 is 1.97 bits per heavy atom. The summed E-state index contributed by atoms with van der Waals surface area (Å²) < 4.78 is 13.2. The number of hydrogen-bond donors (Lipinski definition) is 0. The van der Waals surface area contributed by atoms with Crippen molar-refractivity contribution in [2.75, 3.05) is 31.1 Å². The highest BCUT2D eigenvalue weighted by molar-refractivity contribution is 7.14. The van der Waals surface area contributed by atoms with E-state index in [1.165, 1.54) is 12.1 Å². The van der Waals surface area contributed by atoms with Crippen molar-refractivity contribution in [2.45, 2.75) is 5.92 Å². The van der Waals surface area contributed by atoms with Crippen molar-refractivity contribution in [3.05, 3.63) is 107 Å². The summed E-state index contributed by atoms with van der Waals surface area (Å²) in [4.78, 5) is 22.6. The van der Waals surface area contributed by atoms with Gasteiger partial charge in [0, 0.05) is 37.1 Å². The van der Waals surface area contributed by atoms with Crippen LogP contribution in [0.25, 0.3) is 11.3 Å². The summed E-state index contributed by atoms with van der Waals surface area (Å²) in [6, 6.07) is 26.4. The number of rotatable bonds is 5. The third-order valence-electron chi connectivity index (χ3n) is 6.01. The summed E-state index contributed by atoms with van der Waals surface area (Å²) in [5, 5.41) is 2.94. The van der Waals surface area contributed by atoms with Crippen molar-refractivity contribution in [3.8, 4) is 11.3 Å². The fourth-order valence-electron chi connectivity index (χ4n) is 4.23. The average Bonchev–Trinajstić information content (AvgIpc) is 3.36. The first kappa shape index (κ1) is 21.3. The van der Waals surface area contributed by atoms with Crippen LogP contribution in [0.1, 0.15) is 17.0 Å². The van der Waals surface area contributed by atoms with E-state index in [4.69, 9.17) is 4.98 Å². The molecule has 3 aromatic carbocycles. The van der Waals surface area contributed by atoms with E-state index in [2.05, 4.69) is 4.90 Å². The van der Waals surface area contributed by atoms with E-state index < -0.39 is 0 Å². The summed E-state index contributed by atoms with van der Waals surface area (Å²) in [5.41, 5.74) is 3.78. The van der Waals surface area contributed by atoms with Gasteiger partial charge in [-0.3, -0.25) is 4.79 Å². The number of halogens is 1. The highest BCUT2D eigenvalue weighted by Gasteiger charge is 2.30. The highest BCUT2D eigenvalue weighted by atomic mass is 32.1. The second-order valence-corrected chi connectivity index (χ2v) is 8.93. The fourth-order valence-corrected chi connectivity index (χ4v) is 5.12. The van der Waals surface area contributed by atoms with Crippen molar-refractivity contribution in [1.29, 1.82) is 0 Å². The number of anilines is 1. The molecule has 1 saturated heterocycles. The van der Waals surface area contributed by atoms with Crippen molar-refractivity contribution in [3.63, 3.8) is 0 Å². The zero-order chi connectivity index (χ0) is 22.6. The third-order valence-corrected chi connectivity index (χ3v) is 6.91. The van der Waals surface area contributed by atoms with E-state index in [9.17, 15) is 9.18 Å². The Kier molecular flexibility index (Phi) is 6.17. The maximum absolute atomic E-state index is 13.6. The zero-order valence-corrected chi connectivity index (χ0v) is 18.9. The Morgan fingerprint density at radius 2 is 1.39 bits per heavy atom. The van der Waals surface area contributed by atoms with Gasteiger partial charge in [0.25, 0.3) is 0 Å². The van der Waals surface area contributed by atoms with E-state index in [0.29, 0.717) is 13.1 Å². The lowest BCUT2D eigenvalue weighted by Gasteiger charge is -2.36. The second kappa shape index (κ2) is 9.55. The molecule has 1 fully saturated rings. The molecule has 0 N–H and O–H groups in total. The molecular formula is C27H24FN3OS. The molecule has 0 radical (unpaired) electrons. The summed E-state index contributed by atoms with van der Waals surface area (Å²) in [7, 11) is 0. The number of benzene rings is 3. The Morgan fingerprint density at radius 1 is 0.818 bits per heavy atom. The molecular weight excluding hydrogens is 433 g/mol. The van der Waals surface area contributed by atoms with E-state index >= 15 is 0 Å². The molecule has 1 amide bonds. The maximum Gasteiger partial charge on any atom is 0.234 e. The van der Waals surface area contributed by atoms with E-state index in [1.54, 1.807) is 23.5 Å². The molecule has 0 atom stereocenters. The van der Waals surface area contributed by atoms with Gasteiger partial charge in [-0.15, -0.1) is 11.3 Å². The number of amides is 1. The lowest BCUT2D eigenvalue weighted by molar-refractivity contribution is -0.132. The summed E-state index contributed by atoms with van der Waals surface area (Å²) >= 11 is 1.58. The quantitative estimate of drug-likeness (QED) is 0.401. The van der Waals surface area contributed by atoms with Gasteiger partial charge in [0.1, 0.15) is 5.82 Å². The van der Waals surface area contributed by atoms with Crippen LogP contribution < -0.4 is 4.90 Å². The van der Waals surface area contributed by atoms with Crippen molar-refractivity contribution < 1.29 is 9.18 Å². The normalized spacial score (nSPS) is 14.0. The average molecular weight is 458 g/mol. The first-order valence-corrected chi connectivity index (χ1v) is 11.9. The SMILES string of the molecule is O=C(C(c1ccccc1)c1ccccc1)N1CCN(c2nc(-c3ccc(F)cc3)cs2)CC1. The van der Waals surface area contributed by atoms with Gasteiger partial charge in [-0.1, -0.05) is 60.7 Å². The molecule has 2 heterocycles. The van der Waals surface area contributed by atoms with Crippen molar-refractivity contribution >= 4 is 22.4 Å². The highest BCUT2D eigenvalue weighted by Crippen LogP contribution is 2.30. The molecule has 1 aliphatic heterocycles. The molecule has 1 aromatic heterocycles. The smallest absolute Gasteiger partial charge is 0.234 e. The number of carbonyl (C=O) groups is 1. The van der Waals surface area contributed by atoms with Crippen LogP contribution in [0.3, 0.4) is 0 Å². The molecule has 4 nitrogen and oxygen atoms in total. The number of carbonyl (C=O) groups excluding carboxylic acids is 1. The predicted molar refractivity (Wildman–Crippen MR) is 131 cm³/mol. The molecule has 0 unspecified atom stereocenters. The molecule has 0 aliphatic carbocycles. The lowest BCUT2D eigenvalue weighted by atomic mass is 9.90. The van der Waals surface area contributed by atoms with Gasteiger partial charge in [0.2, 0.25) is 5.91 Å². The predicted octanol–water partition coefficient (Wildman–Crippen LogP) is 5.43. The van der Waals surface area contributed by atoms with Gasteiger partial charge in [0.15, 0.2) is 5.13 Å². The second-order valence-electron chi connectivity index (χ2n) is 8.09. The first-order chi connectivity index (χ1) is 16.2. The molecule has 1 aliphatic rings. The molecule has 5 rings (SSSR count). The van der Waals surface area contributed by atoms with Crippen LogP contribution in [0, 0.1) is 5.82 Å². The first-order valence-electron chi connectivity index (χ1n) is 11.0. The molecule has 0 saturated carbocycles. The zero-order valence-electron chi connectivity index (χ0n) is 18.1. The van der Waals surface area contributed by atoms with E-state index in [0.717, 1.165) is 40.6 Å². The monoisotopic (exact) mass is 457 g/mol. The number of aromatic nitrogens is 1. The Bertz CT molecular complexity index is 1160. The van der Waals surface area contributed by atoms with Crippen LogP contribution in [0.2, 0.25) is 0 Å². The van der Waals surface area contributed by atoms with Gasteiger partial charge < -0.3 is 9.80 Å². The number of hydrogen-bond acceptors (Lipinski definition) is 4. The van der Waals surface area contributed by atoms with Gasteiger partial charge in [-0.25, -0.2) is 9.37 Å². The van der Waals surface area contributed by atoms with Crippen LogP contribution in [-0.4, -0.2) is 42.0 Å². The molecule has 0 spiro atoms. The van der Waals surface area contributed by atoms with E-state index in [1.807, 2.05) is 70.9 Å². The number of piperazine rings is 1. The van der Waals surface area contributed by atoms with Crippen LogP contribution in [0.15, 0.2) is 90.3 Å². The summed E-state index contributed by atoms with van der Waals surface area (Å²) in [5.74, 6) is -0.415. The Labute approximate surface area is 196 Å². The van der Waals surface area contributed by atoms with Gasteiger partial charge >= 0.3 is 0 Å². The van der Waals surface area contributed by atoms with Crippen LogP contribution >= 0.6 is 11.3 Å². The van der Waals surface area contributed by atoms with Gasteiger partial charge in [-0.2, -0.15) is 0 Å². The molecule has 33 heavy (non-hydrogen) atoms. The Hall–Kier alpha value is -3.51. The standard InChI is InChI=1S/C27H24FN3OS/c28-23-13-11-20(12-14-23)24-19-33-27(29-24)31-17-15-30(16-18-31)26(32)25(21-7-3-1-4-8-21)22-9-5-2-6-10-22/h1-14,19,25H,15-18H2. The number of thiazole rings is 1. The fraction of sp³-hybridized carbons (Fsp3) is 0.185. The van der Waals surface area contributed by atoms with Gasteiger partial charge in [-0.05, 0) is 35.4 Å². The van der Waals surface area contributed by atoms with Crippen molar-refractivity contribution in [1.82, 2.24) is 9.88 Å². The Balaban J connectivity index is 1.29. The summed E-state index contributed by atoms with van der Waals surface area (Å²) in [6.07, 6.45) is 0. The molecule has 0 bridgehead atoms. The topological polar surface area (TPSA) is 36.4 Å². The molecule has 6 heteroatoms. The third kappa shape index (κ3) is 4.66. The summed E-state index contributed by atoms with van der Waals surface area (Å²) in [6.45, 7) is 2.78. The lowest BCUT2D eigenvalue weighted by Crippen LogP contribution is -2.50. The molecule has 4 aromatic rings. The largest absolute Gasteiger partial charge is 0.345 e. The molecule has 166 valence electrons. The minimum Gasteiger partial charge on any atom is -0.345 e. The van der Waals surface area contributed by atoms with Crippen molar-refractivity contribution in [2.24, 2.45) is 0 Å².